The van der Waals surface area contributed by atoms with Crippen molar-refractivity contribution >= 4 is 17.3 Å². The summed E-state index contributed by atoms with van der Waals surface area (Å²) in [7, 11) is 1.80. The zero-order valence-corrected chi connectivity index (χ0v) is 12.4. The normalized spacial score (nSPS) is 21.8. The molecule has 2 N–H and O–H groups in total. The van der Waals surface area contributed by atoms with E-state index in [-0.39, 0.29) is 23.3 Å². The van der Waals surface area contributed by atoms with Gasteiger partial charge in [-0.3, -0.25) is 14.9 Å². The number of nitrogens with zero attached hydrogens (tertiary/aromatic N) is 2. The molecule has 6 heteroatoms. The number of nitro benzene ring substituents is 1. The lowest BCUT2D eigenvalue weighted by molar-refractivity contribution is -0.383. The van der Waals surface area contributed by atoms with Gasteiger partial charge >= 0.3 is 0 Å². The van der Waals surface area contributed by atoms with Crippen LogP contribution in [0.3, 0.4) is 0 Å². The SMILES string of the molecule is CC1CCCCC1N(C)C(=O)c1ccc([N+](=O)[O-])c(N)c1. The van der Waals surface area contributed by atoms with Gasteiger partial charge in [0.1, 0.15) is 5.69 Å². The van der Waals surface area contributed by atoms with Crippen LogP contribution in [0.2, 0.25) is 0 Å². The molecule has 114 valence electrons. The summed E-state index contributed by atoms with van der Waals surface area (Å²) in [4.78, 5) is 24.5. The average Bonchev–Trinajstić information content (AvgIpc) is 2.45. The van der Waals surface area contributed by atoms with E-state index < -0.39 is 4.92 Å². The van der Waals surface area contributed by atoms with E-state index in [0.29, 0.717) is 11.5 Å². The molecule has 2 atom stereocenters. The minimum atomic E-state index is -0.545. The Labute approximate surface area is 124 Å². The Morgan fingerprint density at radius 1 is 1.38 bits per heavy atom. The summed E-state index contributed by atoms with van der Waals surface area (Å²) in [5.41, 5.74) is 5.91. The molecule has 0 bridgehead atoms. The highest BCUT2D eigenvalue weighted by Gasteiger charge is 2.28. The van der Waals surface area contributed by atoms with Gasteiger partial charge in [-0.05, 0) is 30.9 Å². The predicted molar refractivity (Wildman–Crippen MR) is 81.0 cm³/mol. The summed E-state index contributed by atoms with van der Waals surface area (Å²) in [6.07, 6.45) is 4.48. The van der Waals surface area contributed by atoms with E-state index >= 15 is 0 Å². The molecule has 0 saturated heterocycles. The topological polar surface area (TPSA) is 89.5 Å². The third kappa shape index (κ3) is 3.15. The Balaban J connectivity index is 2.19. The Morgan fingerprint density at radius 2 is 2.05 bits per heavy atom. The van der Waals surface area contributed by atoms with Gasteiger partial charge in [0.15, 0.2) is 0 Å². The highest BCUT2D eigenvalue weighted by atomic mass is 16.6. The van der Waals surface area contributed by atoms with E-state index in [9.17, 15) is 14.9 Å². The second kappa shape index (κ2) is 6.11. The van der Waals surface area contributed by atoms with Crippen LogP contribution in [0.15, 0.2) is 18.2 Å². The Hall–Kier alpha value is -2.11. The van der Waals surface area contributed by atoms with Gasteiger partial charge in [0.2, 0.25) is 0 Å². The Bertz CT molecular complexity index is 559. The van der Waals surface area contributed by atoms with Crippen LogP contribution < -0.4 is 5.73 Å². The van der Waals surface area contributed by atoms with Crippen LogP contribution >= 0.6 is 0 Å². The smallest absolute Gasteiger partial charge is 0.292 e. The molecule has 1 amide bonds. The number of nitrogen functional groups attached to an aromatic ring is 1. The quantitative estimate of drug-likeness (QED) is 0.527. The number of nitrogens with two attached hydrogens (primary N) is 1. The summed E-state index contributed by atoms with van der Waals surface area (Å²) >= 11 is 0. The number of benzene rings is 1. The van der Waals surface area contributed by atoms with E-state index in [1.807, 2.05) is 0 Å². The van der Waals surface area contributed by atoms with Gasteiger partial charge in [-0.1, -0.05) is 19.8 Å². The number of anilines is 1. The fourth-order valence-electron chi connectivity index (χ4n) is 3.08. The number of hydrogen-bond acceptors (Lipinski definition) is 4. The van der Waals surface area contributed by atoms with Crippen molar-refractivity contribution in [3.05, 3.63) is 33.9 Å². The minimum absolute atomic E-state index is 0.0240. The molecule has 0 heterocycles. The first-order chi connectivity index (χ1) is 9.91. The molecular formula is C15H21N3O3. The van der Waals surface area contributed by atoms with Gasteiger partial charge < -0.3 is 10.6 Å². The van der Waals surface area contributed by atoms with Crippen molar-refractivity contribution in [2.24, 2.45) is 5.92 Å². The molecule has 1 aliphatic carbocycles. The van der Waals surface area contributed by atoms with Crippen LogP contribution in [0.5, 0.6) is 0 Å². The zero-order valence-electron chi connectivity index (χ0n) is 12.4. The molecule has 2 rings (SSSR count). The van der Waals surface area contributed by atoms with E-state index in [1.165, 1.54) is 24.6 Å². The highest BCUT2D eigenvalue weighted by molar-refractivity contribution is 5.95. The summed E-state index contributed by atoms with van der Waals surface area (Å²) in [6.45, 7) is 2.16. The van der Waals surface area contributed by atoms with E-state index in [1.54, 1.807) is 11.9 Å². The number of hydrogen-bond donors (Lipinski definition) is 1. The average molecular weight is 291 g/mol. The number of nitro groups is 1. The molecule has 0 aromatic heterocycles. The van der Waals surface area contributed by atoms with Gasteiger partial charge in [-0.15, -0.1) is 0 Å². The fraction of sp³-hybridized carbons (Fsp3) is 0.533. The first-order valence-corrected chi connectivity index (χ1v) is 7.23. The number of amides is 1. The van der Waals surface area contributed by atoms with E-state index in [4.69, 9.17) is 5.73 Å². The molecule has 0 spiro atoms. The largest absolute Gasteiger partial charge is 0.393 e. The standard InChI is InChI=1S/C15H21N3O3/c1-10-5-3-4-6-13(10)17(2)15(19)11-7-8-14(18(20)21)12(16)9-11/h7-10,13H,3-6,16H2,1-2H3. The summed E-state index contributed by atoms with van der Waals surface area (Å²) < 4.78 is 0. The first-order valence-electron chi connectivity index (χ1n) is 7.23. The van der Waals surface area contributed by atoms with Gasteiger partial charge in [-0.2, -0.15) is 0 Å². The molecule has 0 radical (unpaired) electrons. The fourth-order valence-corrected chi connectivity index (χ4v) is 3.08. The van der Waals surface area contributed by atoms with Crippen molar-refractivity contribution in [2.45, 2.75) is 38.6 Å². The van der Waals surface area contributed by atoms with Crippen molar-refractivity contribution in [3.63, 3.8) is 0 Å². The van der Waals surface area contributed by atoms with Crippen molar-refractivity contribution < 1.29 is 9.72 Å². The molecule has 1 saturated carbocycles. The Kier molecular flexibility index (Phi) is 4.45. The van der Waals surface area contributed by atoms with E-state index in [0.717, 1.165) is 19.3 Å². The third-order valence-electron chi connectivity index (χ3n) is 4.36. The monoisotopic (exact) mass is 291 g/mol. The summed E-state index contributed by atoms with van der Waals surface area (Å²) in [6, 6.07) is 4.38. The number of carbonyl (C=O) groups excluding carboxylic acids is 1. The zero-order chi connectivity index (χ0) is 15.6. The van der Waals surface area contributed by atoms with Crippen molar-refractivity contribution in [3.8, 4) is 0 Å². The van der Waals surface area contributed by atoms with Crippen LogP contribution in [0.25, 0.3) is 0 Å². The van der Waals surface area contributed by atoms with Gasteiger partial charge in [0.05, 0.1) is 4.92 Å². The second-order valence-electron chi connectivity index (χ2n) is 5.78. The van der Waals surface area contributed by atoms with Crippen molar-refractivity contribution in [2.75, 3.05) is 12.8 Å². The first kappa shape index (κ1) is 15.3. The summed E-state index contributed by atoms with van der Waals surface area (Å²) in [5.74, 6) is 0.346. The lowest BCUT2D eigenvalue weighted by atomic mass is 9.85. The van der Waals surface area contributed by atoms with E-state index in [2.05, 4.69) is 6.92 Å². The molecule has 1 aromatic rings. The predicted octanol–water partition coefficient (Wildman–Crippen LogP) is 2.83. The van der Waals surface area contributed by atoms with Crippen molar-refractivity contribution in [1.82, 2.24) is 4.90 Å². The molecule has 21 heavy (non-hydrogen) atoms. The van der Waals surface area contributed by atoms with Crippen LogP contribution in [0.4, 0.5) is 11.4 Å². The van der Waals surface area contributed by atoms with Gasteiger partial charge in [0.25, 0.3) is 11.6 Å². The van der Waals surface area contributed by atoms with Gasteiger partial charge in [0, 0.05) is 24.7 Å². The van der Waals surface area contributed by atoms with Gasteiger partial charge in [-0.25, -0.2) is 0 Å². The maximum absolute atomic E-state index is 12.5. The molecular weight excluding hydrogens is 270 g/mol. The Morgan fingerprint density at radius 3 is 2.62 bits per heavy atom. The lowest BCUT2D eigenvalue weighted by Crippen LogP contribution is -2.42. The third-order valence-corrected chi connectivity index (χ3v) is 4.36. The second-order valence-corrected chi connectivity index (χ2v) is 5.78. The number of rotatable bonds is 3. The van der Waals surface area contributed by atoms with Crippen LogP contribution in [-0.4, -0.2) is 28.8 Å². The summed E-state index contributed by atoms with van der Waals surface area (Å²) in [5, 5.41) is 10.8. The molecule has 6 nitrogen and oxygen atoms in total. The maximum atomic E-state index is 12.5. The molecule has 2 unspecified atom stereocenters. The molecule has 1 aromatic carbocycles. The number of carbonyl (C=O) groups is 1. The van der Waals surface area contributed by atoms with Crippen molar-refractivity contribution in [1.29, 1.82) is 0 Å². The molecule has 1 fully saturated rings. The highest BCUT2D eigenvalue weighted by Crippen LogP contribution is 2.29. The maximum Gasteiger partial charge on any atom is 0.292 e. The lowest BCUT2D eigenvalue weighted by Gasteiger charge is -2.36. The van der Waals surface area contributed by atoms with Crippen LogP contribution in [0, 0.1) is 16.0 Å². The van der Waals surface area contributed by atoms with Crippen LogP contribution in [0.1, 0.15) is 43.0 Å². The van der Waals surface area contributed by atoms with Crippen LogP contribution in [-0.2, 0) is 0 Å². The minimum Gasteiger partial charge on any atom is -0.393 e. The molecule has 1 aliphatic rings. The molecule has 0 aliphatic heterocycles.